The second-order valence-corrected chi connectivity index (χ2v) is 4.23. The third-order valence-corrected chi connectivity index (χ3v) is 2.06. The van der Waals surface area contributed by atoms with E-state index in [-0.39, 0.29) is 12.2 Å². The smallest absolute Gasteiger partial charge is 0.313 e. The summed E-state index contributed by atoms with van der Waals surface area (Å²) >= 11 is 0. The number of ketones is 1. The van der Waals surface area contributed by atoms with Crippen LogP contribution in [0.1, 0.15) is 52.9 Å². The quantitative estimate of drug-likeness (QED) is 0.276. The van der Waals surface area contributed by atoms with E-state index < -0.39 is 5.97 Å². The molecule has 16 heavy (non-hydrogen) atoms. The van der Waals surface area contributed by atoms with Crippen molar-refractivity contribution < 1.29 is 14.3 Å². The lowest BCUT2D eigenvalue weighted by Gasteiger charge is -2.02. The summed E-state index contributed by atoms with van der Waals surface area (Å²) in [4.78, 5) is 21.6. The summed E-state index contributed by atoms with van der Waals surface area (Å²) in [7, 11) is 0. The number of Topliss-reactive ketones (excluding diaryl/α,β-unsaturated/α-hetero) is 1. The van der Waals surface area contributed by atoms with Crippen LogP contribution in [0, 0.1) is 0 Å². The van der Waals surface area contributed by atoms with Crippen LogP contribution < -0.4 is 0 Å². The van der Waals surface area contributed by atoms with Crippen molar-refractivity contribution >= 4 is 11.8 Å². The van der Waals surface area contributed by atoms with Crippen molar-refractivity contribution in [3.63, 3.8) is 0 Å². The fraction of sp³-hybridized carbons (Fsp3) is 0.692. The van der Waals surface area contributed by atoms with Crippen molar-refractivity contribution in [1.82, 2.24) is 0 Å². The molecule has 0 saturated carbocycles. The summed E-state index contributed by atoms with van der Waals surface area (Å²) in [5.74, 6) is -0.551. The molecule has 0 N–H and O–H groups in total. The first-order valence-corrected chi connectivity index (χ1v) is 5.81. The monoisotopic (exact) mass is 226 g/mol. The first kappa shape index (κ1) is 14.9. The van der Waals surface area contributed by atoms with Gasteiger partial charge in [0.2, 0.25) is 0 Å². The minimum atomic E-state index is -0.406. The Labute approximate surface area is 97.9 Å². The van der Waals surface area contributed by atoms with E-state index in [0.29, 0.717) is 6.61 Å². The molecular formula is C13H22O3. The van der Waals surface area contributed by atoms with Crippen molar-refractivity contribution in [3.8, 4) is 0 Å². The Hall–Kier alpha value is -1.12. The Balaban J connectivity index is 3.30. The first-order chi connectivity index (χ1) is 7.52. The van der Waals surface area contributed by atoms with Crippen LogP contribution in [0.25, 0.3) is 0 Å². The number of esters is 1. The number of unbranched alkanes of at least 4 members (excludes halogenated alkanes) is 3. The standard InChI is InChI=1S/C13H22O3/c1-11(2)8-6-4-5-7-9-16-13(15)10-12(3)14/h8H,4-7,9-10H2,1-3H3. The van der Waals surface area contributed by atoms with Gasteiger partial charge in [-0.25, -0.2) is 0 Å². The molecule has 0 rings (SSSR count). The Morgan fingerprint density at radius 1 is 1.06 bits per heavy atom. The van der Waals surface area contributed by atoms with E-state index in [4.69, 9.17) is 4.74 Å². The van der Waals surface area contributed by atoms with Gasteiger partial charge in [0, 0.05) is 0 Å². The average Bonchev–Trinajstić information content (AvgIpc) is 2.14. The number of rotatable bonds is 8. The molecule has 3 heteroatoms. The summed E-state index contributed by atoms with van der Waals surface area (Å²) < 4.78 is 4.91. The zero-order valence-electron chi connectivity index (χ0n) is 10.5. The number of hydrogen-bond donors (Lipinski definition) is 0. The van der Waals surface area contributed by atoms with Gasteiger partial charge in [-0.1, -0.05) is 11.6 Å². The van der Waals surface area contributed by atoms with Gasteiger partial charge in [0.05, 0.1) is 6.61 Å². The molecule has 0 spiro atoms. The zero-order valence-corrected chi connectivity index (χ0v) is 10.5. The summed E-state index contributed by atoms with van der Waals surface area (Å²) in [6.45, 7) is 5.99. The maximum absolute atomic E-state index is 11.0. The second kappa shape index (κ2) is 9.13. The van der Waals surface area contributed by atoms with Crippen LogP contribution in [-0.4, -0.2) is 18.4 Å². The van der Waals surface area contributed by atoms with Crippen LogP contribution in [0.3, 0.4) is 0 Å². The van der Waals surface area contributed by atoms with Gasteiger partial charge >= 0.3 is 5.97 Å². The Kier molecular flexibility index (Phi) is 8.49. The maximum atomic E-state index is 11.0. The summed E-state index contributed by atoms with van der Waals surface area (Å²) in [5.41, 5.74) is 1.34. The predicted molar refractivity (Wildman–Crippen MR) is 64.2 cm³/mol. The van der Waals surface area contributed by atoms with Crippen molar-refractivity contribution in [2.75, 3.05) is 6.61 Å². The van der Waals surface area contributed by atoms with Crippen LogP contribution >= 0.6 is 0 Å². The fourth-order valence-corrected chi connectivity index (χ4v) is 1.25. The highest BCUT2D eigenvalue weighted by atomic mass is 16.5. The van der Waals surface area contributed by atoms with Crippen LogP contribution in [0.15, 0.2) is 11.6 Å². The minimum Gasteiger partial charge on any atom is -0.465 e. The van der Waals surface area contributed by atoms with Crippen molar-refractivity contribution in [2.24, 2.45) is 0 Å². The zero-order chi connectivity index (χ0) is 12.4. The third kappa shape index (κ3) is 11.0. The lowest BCUT2D eigenvalue weighted by atomic mass is 10.1. The highest BCUT2D eigenvalue weighted by Crippen LogP contribution is 2.03. The molecule has 0 unspecified atom stereocenters. The molecular weight excluding hydrogens is 204 g/mol. The highest BCUT2D eigenvalue weighted by Gasteiger charge is 2.05. The molecule has 3 nitrogen and oxygen atoms in total. The van der Waals surface area contributed by atoms with E-state index in [1.807, 2.05) is 0 Å². The number of carbonyl (C=O) groups is 2. The van der Waals surface area contributed by atoms with E-state index in [2.05, 4.69) is 19.9 Å². The average molecular weight is 226 g/mol. The third-order valence-electron chi connectivity index (χ3n) is 2.06. The van der Waals surface area contributed by atoms with Crippen LogP contribution in [-0.2, 0) is 14.3 Å². The molecule has 0 aliphatic heterocycles. The summed E-state index contributed by atoms with van der Waals surface area (Å²) in [5, 5.41) is 0. The predicted octanol–water partition coefficient (Wildman–Crippen LogP) is 3.04. The number of carbonyl (C=O) groups excluding carboxylic acids is 2. The highest BCUT2D eigenvalue weighted by molar-refractivity contribution is 5.94. The summed E-state index contributed by atoms with van der Waals surface area (Å²) in [6, 6.07) is 0. The van der Waals surface area contributed by atoms with E-state index in [0.717, 1.165) is 25.7 Å². The van der Waals surface area contributed by atoms with Crippen LogP contribution in [0.5, 0.6) is 0 Å². The van der Waals surface area contributed by atoms with E-state index >= 15 is 0 Å². The Morgan fingerprint density at radius 2 is 1.75 bits per heavy atom. The summed E-state index contributed by atoms with van der Waals surface area (Å²) in [6.07, 6.45) is 6.25. The molecule has 0 aromatic rings. The topological polar surface area (TPSA) is 43.4 Å². The van der Waals surface area contributed by atoms with Gasteiger partial charge in [-0.05, 0) is 46.5 Å². The molecule has 0 aromatic carbocycles. The van der Waals surface area contributed by atoms with Gasteiger partial charge in [-0.2, -0.15) is 0 Å². The molecule has 0 radical (unpaired) electrons. The van der Waals surface area contributed by atoms with Gasteiger partial charge in [0.25, 0.3) is 0 Å². The normalized spacial score (nSPS) is 9.69. The van der Waals surface area contributed by atoms with Gasteiger partial charge < -0.3 is 4.74 Å². The first-order valence-electron chi connectivity index (χ1n) is 5.81. The van der Waals surface area contributed by atoms with Gasteiger partial charge in [0.1, 0.15) is 12.2 Å². The Bertz CT molecular complexity index is 250. The fourth-order valence-electron chi connectivity index (χ4n) is 1.25. The van der Waals surface area contributed by atoms with Crippen molar-refractivity contribution in [1.29, 1.82) is 0 Å². The number of allylic oxidation sites excluding steroid dienone is 2. The van der Waals surface area contributed by atoms with Crippen LogP contribution in [0.4, 0.5) is 0 Å². The number of ether oxygens (including phenoxy) is 1. The molecule has 0 heterocycles. The molecule has 0 aromatic heterocycles. The maximum Gasteiger partial charge on any atom is 0.313 e. The van der Waals surface area contributed by atoms with Gasteiger partial charge in [-0.3, -0.25) is 9.59 Å². The van der Waals surface area contributed by atoms with Crippen molar-refractivity contribution in [3.05, 3.63) is 11.6 Å². The van der Waals surface area contributed by atoms with E-state index in [1.165, 1.54) is 12.5 Å². The molecule has 0 saturated heterocycles. The molecule has 0 atom stereocenters. The SMILES string of the molecule is CC(=O)CC(=O)OCCCCCC=C(C)C. The van der Waals surface area contributed by atoms with Gasteiger partial charge in [-0.15, -0.1) is 0 Å². The van der Waals surface area contributed by atoms with Gasteiger partial charge in [0.15, 0.2) is 0 Å². The molecule has 0 bridgehead atoms. The van der Waals surface area contributed by atoms with Crippen molar-refractivity contribution in [2.45, 2.75) is 52.9 Å². The molecule has 0 aliphatic carbocycles. The van der Waals surface area contributed by atoms with E-state index in [9.17, 15) is 9.59 Å². The van der Waals surface area contributed by atoms with E-state index in [1.54, 1.807) is 0 Å². The lowest BCUT2D eigenvalue weighted by Crippen LogP contribution is -2.09. The Morgan fingerprint density at radius 3 is 2.31 bits per heavy atom. The lowest BCUT2D eigenvalue weighted by molar-refractivity contribution is -0.145. The molecule has 0 aliphatic rings. The molecule has 0 amide bonds. The largest absolute Gasteiger partial charge is 0.465 e. The second-order valence-electron chi connectivity index (χ2n) is 4.23. The van der Waals surface area contributed by atoms with Crippen LogP contribution in [0.2, 0.25) is 0 Å². The molecule has 92 valence electrons. The molecule has 0 fully saturated rings. The minimum absolute atomic E-state index is 0.0994. The number of hydrogen-bond acceptors (Lipinski definition) is 3.